The molecule has 0 saturated heterocycles. The molecule has 0 atom stereocenters. The second-order valence-corrected chi connectivity index (χ2v) is 4.78. The number of carbonyl (C=O) groups is 1. The highest BCUT2D eigenvalue weighted by Gasteiger charge is 2.31. The van der Waals surface area contributed by atoms with Crippen LogP contribution in [0.3, 0.4) is 0 Å². The van der Waals surface area contributed by atoms with Crippen molar-refractivity contribution in [1.29, 1.82) is 0 Å². The summed E-state index contributed by atoms with van der Waals surface area (Å²) in [5, 5.41) is 6.13. The predicted octanol–water partition coefficient (Wildman–Crippen LogP) is 3.35. The highest BCUT2D eigenvalue weighted by atomic mass is 35.5. The smallest absolute Gasteiger partial charge is 0.416 e. The van der Waals surface area contributed by atoms with E-state index in [1.807, 2.05) is 0 Å². The molecule has 0 radical (unpaired) electrons. The van der Waals surface area contributed by atoms with Crippen LogP contribution >= 0.6 is 11.6 Å². The largest absolute Gasteiger partial charge is 0.478 e. The van der Waals surface area contributed by atoms with E-state index in [2.05, 4.69) is 10.4 Å². The van der Waals surface area contributed by atoms with Crippen molar-refractivity contribution in [2.75, 3.05) is 12.4 Å². The fraction of sp³-hybridized carbons (Fsp3) is 0.231. The summed E-state index contributed by atoms with van der Waals surface area (Å²) < 4.78 is 44.1. The van der Waals surface area contributed by atoms with Crippen LogP contribution in [0.1, 0.15) is 15.9 Å². The van der Waals surface area contributed by atoms with Crippen LogP contribution in [0.25, 0.3) is 0 Å². The summed E-state index contributed by atoms with van der Waals surface area (Å²) in [4.78, 5) is 12.1. The molecule has 0 aliphatic carbocycles. The molecule has 0 unspecified atom stereocenters. The number of halogens is 4. The number of nitrogens with zero attached hydrogens (tertiary/aromatic N) is 2. The fourth-order valence-corrected chi connectivity index (χ4v) is 2.04. The Balaban J connectivity index is 2.26. The van der Waals surface area contributed by atoms with E-state index in [0.717, 1.165) is 12.1 Å². The number of nitrogens with one attached hydrogen (secondary N) is 1. The Morgan fingerprint density at radius 1 is 1.41 bits per heavy atom. The maximum atomic E-state index is 12.6. The lowest BCUT2D eigenvalue weighted by Gasteiger charge is -2.10. The van der Waals surface area contributed by atoms with E-state index in [1.165, 1.54) is 18.0 Å². The van der Waals surface area contributed by atoms with Gasteiger partial charge in [-0.05, 0) is 18.2 Å². The summed E-state index contributed by atoms with van der Waals surface area (Å²) in [6.07, 6.45) is -3.03. The van der Waals surface area contributed by atoms with Gasteiger partial charge in [0.25, 0.3) is 11.8 Å². The summed E-state index contributed by atoms with van der Waals surface area (Å²) in [5.41, 5.74) is -0.723. The SMILES string of the molecule is COc1nn(C)cc1NC(=O)c1ccc(C(F)(F)F)cc1Cl. The molecule has 2 aromatic rings. The number of aromatic nitrogens is 2. The number of carbonyl (C=O) groups excluding carboxylic acids is 1. The number of hydrogen-bond donors (Lipinski definition) is 1. The van der Waals surface area contributed by atoms with E-state index in [0.29, 0.717) is 6.07 Å². The van der Waals surface area contributed by atoms with E-state index >= 15 is 0 Å². The minimum Gasteiger partial charge on any atom is -0.478 e. The Bertz CT molecular complexity index is 713. The van der Waals surface area contributed by atoms with Crippen molar-refractivity contribution in [3.8, 4) is 5.88 Å². The number of methoxy groups -OCH3 is 1. The van der Waals surface area contributed by atoms with Gasteiger partial charge in [-0.1, -0.05) is 11.6 Å². The third kappa shape index (κ3) is 3.33. The summed E-state index contributed by atoms with van der Waals surface area (Å²) in [5.74, 6) is -0.482. The monoisotopic (exact) mass is 333 g/mol. The van der Waals surface area contributed by atoms with Gasteiger partial charge < -0.3 is 10.1 Å². The standard InChI is InChI=1S/C13H11ClF3N3O2/c1-20-6-10(12(19-20)22-2)18-11(21)8-4-3-7(5-9(8)14)13(15,16)17/h3-6H,1-2H3,(H,18,21). The molecule has 2 rings (SSSR count). The third-order valence-corrected chi connectivity index (χ3v) is 3.09. The quantitative estimate of drug-likeness (QED) is 0.937. The summed E-state index contributed by atoms with van der Waals surface area (Å²) in [6, 6.07) is 2.52. The first-order valence-electron chi connectivity index (χ1n) is 5.98. The Labute approximate surface area is 128 Å². The number of ether oxygens (including phenoxy) is 1. The zero-order valence-electron chi connectivity index (χ0n) is 11.5. The van der Waals surface area contributed by atoms with Crippen LogP contribution in [0.4, 0.5) is 18.9 Å². The molecule has 0 aliphatic heterocycles. The van der Waals surface area contributed by atoms with Crippen LogP contribution in [0.15, 0.2) is 24.4 Å². The zero-order chi connectivity index (χ0) is 16.5. The first kappa shape index (κ1) is 16.2. The molecule has 0 aliphatic rings. The van der Waals surface area contributed by atoms with Crippen molar-refractivity contribution in [1.82, 2.24) is 9.78 Å². The molecule has 0 saturated carbocycles. The van der Waals surface area contributed by atoms with Crippen molar-refractivity contribution in [2.24, 2.45) is 7.05 Å². The van der Waals surface area contributed by atoms with Crippen LogP contribution in [-0.2, 0) is 13.2 Å². The number of alkyl halides is 3. The van der Waals surface area contributed by atoms with Crippen molar-refractivity contribution < 1.29 is 22.7 Å². The topological polar surface area (TPSA) is 56.1 Å². The second-order valence-electron chi connectivity index (χ2n) is 4.37. The maximum Gasteiger partial charge on any atom is 0.416 e. The van der Waals surface area contributed by atoms with Gasteiger partial charge in [0.05, 0.1) is 29.5 Å². The van der Waals surface area contributed by atoms with Gasteiger partial charge in [-0.25, -0.2) is 0 Å². The van der Waals surface area contributed by atoms with Gasteiger partial charge in [0, 0.05) is 7.05 Å². The van der Waals surface area contributed by atoms with Crippen molar-refractivity contribution in [2.45, 2.75) is 6.18 Å². The van der Waals surface area contributed by atoms with Gasteiger partial charge >= 0.3 is 6.18 Å². The van der Waals surface area contributed by atoms with Crippen molar-refractivity contribution in [3.05, 3.63) is 40.5 Å². The fourth-order valence-electron chi connectivity index (χ4n) is 1.77. The first-order valence-corrected chi connectivity index (χ1v) is 6.36. The predicted molar refractivity (Wildman–Crippen MR) is 74.2 cm³/mol. The van der Waals surface area contributed by atoms with Gasteiger partial charge in [-0.3, -0.25) is 9.48 Å². The Kier molecular flexibility index (Phi) is 4.32. The van der Waals surface area contributed by atoms with E-state index in [4.69, 9.17) is 16.3 Å². The summed E-state index contributed by atoms with van der Waals surface area (Å²) in [6.45, 7) is 0. The molecule has 1 amide bonds. The third-order valence-electron chi connectivity index (χ3n) is 2.78. The normalized spacial score (nSPS) is 11.4. The number of rotatable bonds is 3. The number of anilines is 1. The lowest BCUT2D eigenvalue weighted by atomic mass is 10.1. The van der Waals surface area contributed by atoms with E-state index in [1.54, 1.807) is 7.05 Å². The Morgan fingerprint density at radius 3 is 2.64 bits per heavy atom. The Morgan fingerprint density at radius 2 is 2.09 bits per heavy atom. The number of amides is 1. The lowest BCUT2D eigenvalue weighted by Crippen LogP contribution is -2.14. The minimum atomic E-state index is -4.52. The molecule has 118 valence electrons. The number of benzene rings is 1. The maximum absolute atomic E-state index is 12.6. The van der Waals surface area contributed by atoms with E-state index in [-0.39, 0.29) is 22.2 Å². The van der Waals surface area contributed by atoms with Gasteiger partial charge in [0.15, 0.2) is 0 Å². The minimum absolute atomic E-state index is 0.0828. The van der Waals surface area contributed by atoms with Crippen LogP contribution in [0.2, 0.25) is 5.02 Å². The molecule has 1 N–H and O–H groups in total. The van der Waals surface area contributed by atoms with Crippen molar-refractivity contribution >= 4 is 23.2 Å². The van der Waals surface area contributed by atoms with Crippen LogP contribution in [0, 0.1) is 0 Å². The average Bonchev–Trinajstić information content (AvgIpc) is 2.77. The molecule has 22 heavy (non-hydrogen) atoms. The summed E-state index contributed by atoms with van der Waals surface area (Å²) in [7, 11) is 3.01. The van der Waals surface area contributed by atoms with Crippen LogP contribution in [0.5, 0.6) is 5.88 Å². The highest BCUT2D eigenvalue weighted by Crippen LogP contribution is 2.32. The first-order chi connectivity index (χ1) is 10.2. The van der Waals surface area contributed by atoms with Crippen LogP contribution < -0.4 is 10.1 Å². The molecule has 0 bridgehead atoms. The molecule has 0 fully saturated rings. The summed E-state index contributed by atoms with van der Waals surface area (Å²) >= 11 is 5.76. The molecular weight excluding hydrogens is 323 g/mol. The van der Waals surface area contributed by atoms with Gasteiger partial charge in [0.1, 0.15) is 5.69 Å². The van der Waals surface area contributed by atoms with Gasteiger partial charge in [-0.15, -0.1) is 5.10 Å². The Hall–Kier alpha value is -2.22. The van der Waals surface area contributed by atoms with E-state index in [9.17, 15) is 18.0 Å². The average molecular weight is 334 g/mol. The van der Waals surface area contributed by atoms with E-state index < -0.39 is 17.6 Å². The van der Waals surface area contributed by atoms with Gasteiger partial charge in [0.2, 0.25) is 0 Å². The number of hydrogen-bond acceptors (Lipinski definition) is 3. The molecule has 0 spiro atoms. The van der Waals surface area contributed by atoms with Crippen LogP contribution in [-0.4, -0.2) is 22.8 Å². The van der Waals surface area contributed by atoms with Gasteiger partial charge in [-0.2, -0.15) is 13.2 Å². The molecule has 9 heteroatoms. The molecule has 5 nitrogen and oxygen atoms in total. The molecule has 1 aromatic carbocycles. The number of aryl methyl sites for hydroxylation is 1. The lowest BCUT2D eigenvalue weighted by molar-refractivity contribution is -0.137. The molecular formula is C13H11ClF3N3O2. The second kappa shape index (κ2) is 5.88. The molecule has 1 aromatic heterocycles. The zero-order valence-corrected chi connectivity index (χ0v) is 12.3. The molecule has 1 heterocycles. The highest BCUT2D eigenvalue weighted by molar-refractivity contribution is 6.34. The van der Waals surface area contributed by atoms with Crippen molar-refractivity contribution in [3.63, 3.8) is 0 Å².